The summed E-state index contributed by atoms with van der Waals surface area (Å²) in [6, 6.07) is 9.05. The van der Waals surface area contributed by atoms with Gasteiger partial charge in [-0.15, -0.1) is 0 Å². The number of nitrogens with zero attached hydrogens (tertiary/aromatic N) is 2. The van der Waals surface area contributed by atoms with Crippen LogP contribution in [0.5, 0.6) is 0 Å². The average molecular weight is 879 g/mol. The lowest BCUT2D eigenvalue weighted by atomic mass is 9.73. The third kappa shape index (κ3) is 11.3. The minimum absolute atomic E-state index is 0.0704. The third-order valence-electron chi connectivity index (χ3n) is 13.7. The molecule has 0 aromatic heterocycles. The van der Waals surface area contributed by atoms with Crippen molar-refractivity contribution in [3.63, 3.8) is 0 Å². The average Bonchev–Trinajstić information content (AvgIpc) is 3.21. The van der Waals surface area contributed by atoms with Crippen LogP contribution >= 0.6 is 0 Å². The number of anilines is 1. The van der Waals surface area contributed by atoms with Crippen molar-refractivity contribution >= 4 is 17.7 Å². The summed E-state index contributed by atoms with van der Waals surface area (Å²) in [5, 5.41) is 75.2. The van der Waals surface area contributed by atoms with E-state index in [1.54, 1.807) is 86.7 Å². The van der Waals surface area contributed by atoms with Gasteiger partial charge >= 0.3 is 12.0 Å². The van der Waals surface area contributed by atoms with Crippen LogP contribution in [0.15, 0.2) is 30.3 Å². The molecule has 2 amide bonds. The van der Waals surface area contributed by atoms with Crippen molar-refractivity contribution < 1.29 is 63.5 Å². The maximum atomic E-state index is 14.4. The van der Waals surface area contributed by atoms with E-state index >= 15 is 0 Å². The number of hydrogen-bond acceptors (Lipinski definition) is 15. The molecule has 1 aromatic rings. The number of amides is 2. The van der Waals surface area contributed by atoms with E-state index < -0.39 is 114 Å². The highest BCUT2D eigenvalue weighted by Crippen LogP contribution is 2.44. The molecule has 0 unspecified atom stereocenters. The summed E-state index contributed by atoms with van der Waals surface area (Å²) in [7, 11) is 2.99. The van der Waals surface area contributed by atoms with Gasteiger partial charge in [0.15, 0.2) is 12.6 Å². The van der Waals surface area contributed by atoms with Crippen LogP contribution in [-0.2, 0) is 33.2 Å². The number of esters is 1. The number of nitrogens with one attached hydrogen (secondary N) is 2. The van der Waals surface area contributed by atoms with Gasteiger partial charge in [0.25, 0.3) is 0 Å². The smallest absolute Gasteiger partial charge is 0.321 e. The lowest BCUT2D eigenvalue weighted by molar-refractivity contribution is -0.336. The summed E-state index contributed by atoms with van der Waals surface area (Å²) in [5.41, 5.74) is -6.08. The molecular weight excluding hydrogens is 805 g/mol. The lowest BCUT2D eigenvalue weighted by Crippen LogP contribution is -2.66. The first-order chi connectivity index (χ1) is 28.9. The van der Waals surface area contributed by atoms with Gasteiger partial charge in [0, 0.05) is 38.2 Å². The number of benzene rings is 1. The molecule has 3 fully saturated rings. The number of aliphatic hydroxyl groups is 5. The van der Waals surface area contributed by atoms with E-state index in [2.05, 4.69) is 10.6 Å². The predicted octanol–water partition coefficient (Wildman–Crippen LogP) is 3.44. The van der Waals surface area contributed by atoms with Gasteiger partial charge in [0.1, 0.15) is 35.1 Å². The number of urea groups is 1. The number of methoxy groups -OCH3 is 1. The monoisotopic (exact) mass is 879 g/mol. The molecule has 0 aliphatic carbocycles. The van der Waals surface area contributed by atoms with E-state index in [1.807, 2.05) is 19.1 Å². The van der Waals surface area contributed by atoms with Crippen LogP contribution in [0.1, 0.15) is 101 Å². The van der Waals surface area contributed by atoms with Crippen molar-refractivity contribution in [2.45, 2.75) is 191 Å². The number of ether oxygens (including phenoxy) is 6. The van der Waals surface area contributed by atoms with Crippen LogP contribution < -0.4 is 10.6 Å². The van der Waals surface area contributed by atoms with Crippen LogP contribution in [0.3, 0.4) is 0 Å². The van der Waals surface area contributed by atoms with Crippen molar-refractivity contribution in [2.24, 2.45) is 17.8 Å². The van der Waals surface area contributed by atoms with Crippen molar-refractivity contribution in [1.82, 2.24) is 10.2 Å². The molecule has 0 spiro atoms. The number of cyclic esters (lactones) is 1. The quantitative estimate of drug-likeness (QED) is 0.176. The minimum Gasteiger partial charge on any atom is -0.459 e. The highest BCUT2D eigenvalue weighted by molar-refractivity contribution is 5.89. The molecule has 7 N–H and O–H groups in total. The van der Waals surface area contributed by atoms with E-state index in [-0.39, 0.29) is 38.0 Å². The van der Waals surface area contributed by atoms with Gasteiger partial charge in [0.2, 0.25) is 0 Å². The van der Waals surface area contributed by atoms with Crippen LogP contribution in [-0.4, -0.2) is 153 Å². The van der Waals surface area contributed by atoms with Crippen molar-refractivity contribution in [1.29, 1.82) is 5.26 Å². The standard InChI is InChI=1S/C45H74N4O13/c1-13-33-44(10,55)37(51)29(6)47-24-25(2)22-42(8,54)38(62-40-35(50)32(21-26(3)58-40)49(11)41(53)48-31-17-15-14-16-18-31)27(4)36(28(5)39(52)60-33)61-34-23-43(9,57-12)45(56,19-20-46)30(7)59-34/h14-18,25-30,32-38,40,47,50-51,54-56H,13,19,21-24H2,1-12H3,(H,48,53)/t25-,26-,27+,28-,29-,30+,32+,33-,34+,35-,36+,37-,38-,40+,42-,43-,44-,45+/m1/s1. The van der Waals surface area contributed by atoms with E-state index in [0.29, 0.717) is 12.2 Å². The Labute approximate surface area is 367 Å². The number of likely N-dealkylation sites (N-methyl/N-ethyl adjacent to an activating group) is 1. The number of hydrogen-bond donors (Lipinski definition) is 7. The molecule has 0 bridgehead atoms. The molecule has 3 heterocycles. The van der Waals surface area contributed by atoms with E-state index in [4.69, 9.17) is 28.4 Å². The Morgan fingerprint density at radius 1 is 1.02 bits per heavy atom. The number of para-hydroxylation sites is 1. The van der Waals surface area contributed by atoms with Gasteiger partial charge in [-0.05, 0) is 92.3 Å². The molecule has 17 nitrogen and oxygen atoms in total. The van der Waals surface area contributed by atoms with Crippen molar-refractivity contribution in [3.8, 4) is 6.07 Å². The zero-order valence-corrected chi connectivity index (χ0v) is 38.6. The lowest BCUT2D eigenvalue weighted by Gasteiger charge is -2.53. The maximum Gasteiger partial charge on any atom is 0.321 e. The molecule has 18 atom stereocenters. The zero-order valence-electron chi connectivity index (χ0n) is 38.6. The SMILES string of the molecule is CC[C@H]1OC(=O)[C@H](C)[C@@H](O[C@H]2C[C@@](C)(OC)[C@](O)(CC#N)[C@H](C)O2)[C@H](C)[C@@H](O[C@@H]2O[C@H](C)C[C@H](N(C)C(=O)Nc3ccccc3)[C@H]2O)[C@](C)(O)C[C@@H](C)CN[C@H](C)[C@@H](O)[C@]1(C)O. The Morgan fingerprint density at radius 2 is 1.66 bits per heavy atom. The number of rotatable bonds is 9. The number of aliphatic hydroxyl groups excluding tert-OH is 2. The molecule has 3 saturated heterocycles. The minimum atomic E-state index is -1.88. The first-order valence-electron chi connectivity index (χ1n) is 22.0. The van der Waals surface area contributed by atoms with E-state index in [1.165, 1.54) is 18.9 Å². The zero-order chi connectivity index (χ0) is 46.5. The first-order valence-corrected chi connectivity index (χ1v) is 22.0. The summed E-state index contributed by atoms with van der Waals surface area (Å²) in [6.45, 7) is 17.0. The Morgan fingerprint density at radius 3 is 2.26 bits per heavy atom. The summed E-state index contributed by atoms with van der Waals surface area (Å²) in [6.07, 6.45) is -10.1. The Bertz CT molecular complexity index is 1670. The molecule has 0 saturated carbocycles. The second-order valence-electron chi connectivity index (χ2n) is 18.8. The molecule has 352 valence electrons. The highest BCUT2D eigenvalue weighted by Gasteiger charge is 2.58. The second-order valence-corrected chi connectivity index (χ2v) is 18.8. The predicted molar refractivity (Wildman–Crippen MR) is 228 cm³/mol. The summed E-state index contributed by atoms with van der Waals surface area (Å²) >= 11 is 0. The molecule has 62 heavy (non-hydrogen) atoms. The molecular formula is C45H74N4O13. The van der Waals surface area contributed by atoms with Gasteiger partial charge in [-0.25, -0.2) is 4.79 Å². The fraction of sp³-hybridized carbons (Fsp3) is 0.800. The van der Waals surface area contributed by atoms with Crippen LogP contribution in [0, 0.1) is 29.1 Å². The topological polar surface area (TPSA) is 242 Å². The van der Waals surface area contributed by atoms with Gasteiger partial charge in [-0.2, -0.15) is 5.26 Å². The molecule has 3 aliphatic rings. The summed E-state index contributed by atoms with van der Waals surface area (Å²) in [5.74, 6) is -3.10. The van der Waals surface area contributed by atoms with Gasteiger partial charge in [-0.1, -0.05) is 39.0 Å². The Hall–Kier alpha value is -2.99. The van der Waals surface area contributed by atoms with Crippen molar-refractivity contribution in [3.05, 3.63) is 30.3 Å². The normalized spacial score (nSPS) is 43.9. The van der Waals surface area contributed by atoms with Crippen LogP contribution in [0.25, 0.3) is 0 Å². The van der Waals surface area contributed by atoms with Crippen molar-refractivity contribution in [2.75, 3.05) is 26.0 Å². The molecule has 1 aromatic carbocycles. The van der Waals surface area contributed by atoms with Gasteiger partial charge in [0.05, 0.1) is 54.5 Å². The molecule has 17 heteroatoms. The highest BCUT2D eigenvalue weighted by atomic mass is 16.7. The number of carbonyl (C=O) groups excluding carboxylic acids is 2. The fourth-order valence-corrected chi connectivity index (χ4v) is 9.63. The Kier molecular flexibility index (Phi) is 17.4. The van der Waals surface area contributed by atoms with Crippen LogP contribution in [0.4, 0.5) is 10.5 Å². The third-order valence-corrected chi connectivity index (χ3v) is 13.7. The molecule has 4 rings (SSSR count). The van der Waals surface area contributed by atoms with Gasteiger partial charge in [-0.3, -0.25) is 4.79 Å². The van der Waals surface area contributed by atoms with E-state index in [0.717, 1.165) is 0 Å². The Balaban J connectivity index is 1.79. The number of nitriles is 1. The first kappa shape index (κ1) is 51.6. The summed E-state index contributed by atoms with van der Waals surface area (Å²) < 4.78 is 37.9. The number of carbonyl (C=O) groups is 2. The molecule has 3 aliphatic heterocycles. The maximum absolute atomic E-state index is 14.4. The van der Waals surface area contributed by atoms with E-state index in [9.17, 15) is 40.4 Å². The largest absolute Gasteiger partial charge is 0.459 e. The fourth-order valence-electron chi connectivity index (χ4n) is 9.63. The van der Waals surface area contributed by atoms with Crippen LogP contribution in [0.2, 0.25) is 0 Å². The second kappa shape index (κ2) is 20.9. The molecule has 0 radical (unpaired) electrons. The summed E-state index contributed by atoms with van der Waals surface area (Å²) in [4.78, 5) is 29.3. The van der Waals surface area contributed by atoms with Gasteiger partial charge < -0.3 is 69.5 Å².